The maximum atomic E-state index is 13.6. The number of halogens is 3. The Labute approximate surface area is 256 Å². The van der Waals surface area contributed by atoms with Gasteiger partial charge in [-0.25, -0.2) is 26.5 Å². The predicted molar refractivity (Wildman–Crippen MR) is 161 cm³/mol. The number of carbonyl (C=O) groups is 1. The number of aromatic amines is 1. The lowest BCUT2D eigenvalue weighted by atomic mass is 10.0. The molecule has 0 radical (unpaired) electrons. The topological polar surface area (TPSA) is 138 Å². The van der Waals surface area contributed by atoms with E-state index in [2.05, 4.69) is 14.7 Å². The molecule has 3 N–H and O–H groups in total. The van der Waals surface area contributed by atoms with Gasteiger partial charge in [0.15, 0.2) is 0 Å². The number of nitrogens with zero attached hydrogens (tertiary/aromatic N) is 1. The molecule has 0 spiro atoms. The average molecular weight is 655 g/mol. The third-order valence-corrected chi connectivity index (χ3v) is 10.7. The van der Waals surface area contributed by atoms with E-state index in [-0.39, 0.29) is 34.6 Å². The first kappa shape index (κ1) is 30.5. The van der Waals surface area contributed by atoms with Gasteiger partial charge in [0.2, 0.25) is 26.0 Å². The van der Waals surface area contributed by atoms with E-state index in [4.69, 9.17) is 0 Å². The first-order valence-electron chi connectivity index (χ1n) is 13.7. The van der Waals surface area contributed by atoms with Crippen molar-refractivity contribution in [1.82, 2.24) is 19.4 Å². The van der Waals surface area contributed by atoms with Crippen molar-refractivity contribution in [3.63, 3.8) is 0 Å². The summed E-state index contributed by atoms with van der Waals surface area (Å²) in [6, 6.07) is 23.9. The standard InChI is InChI=1S/C31H25F3N4O5S2/c32-31(33,34)23-12-15-25-26(17-23)36-30(35-25)27(16-19-6-8-22(9-7-19)28-18-29(39)38-45(28,42)43)37-44(40,41)24-13-10-21(11-14-24)20-4-2-1-3-5-20/h1-15,17,27-28,37H,16,18H2,(H,35,36)(H,38,39)/t27-,28-/m0/s1. The summed E-state index contributed by atoms with van der Waals surface area (Å²) in [7, 11) is -8.01. The molecule has 14 heteroatoms. The minimum absolute atomic E-state index is 0.0160. The number of fused-ring (bicyclic) bond motifs is 1. The molecule has 0 saturated carbocycles. The number of carbonyl (C=O) groups excluding carboxylic acids is 1. The number of sulfonamides is 2. The van der Waals surface area contributed by atoms with Gasteiger partial charge in [-0.2, -0.15) is 13.2 Å². The van der Waals surface area contributed by atoms with Crippen LogP contribution in [0.3, 0.4) is 0 Å². The summed E-state index contributed by atoms with van der Waals surface area (Å²) in [5.41, 5.74) is 2.09. The molecule has 1 saturated heterocycles. The Morgan fingerprint density at radius 2 is 1.58 bits per heavy atom. The van der Waals surface area contributed by atoms with E-state index >= 15 is 0 Å². The first-order valence-corrected chi connectivity index (χ1v) is 16.7. The minimum atomic E-state index is -4.58. The molecule has 5 aromatic rings. The highest BCUT2D eigenvalue weighted by atomic mass is 32.2. The van der Waals surface area contributed by atoms with Gasteiger partial charge in [-0.3, -0.25) is 9.52 Å². The highest BCUT2D eigenvalue weighted by Gasteiger charge is 2.38. The number of amides is 1. The quantitative estimate of drug-likeness (QED) is 0.205. The lowest BCUT2D eigenvalue weighted by molar-refractivity contribution is -0.137. The monoisotopic (exact) mass is 654 g/mol. The van der Waals surface area contributed by atoms with Gasteiger partial charge in [-0.1, -0.05) is 66.7 Å². The molecular weight excluding hydrogens is 629 g/mol. The summed E-state index contributed by atoms with van der Waals surface area (Å²) in [6.45, 7) is 0. The van der Waals surface area contributed by atoms with Crippen molar-refractivity contribution in [3.05, 3.63) is 120 Å². The van der Waals surface area contributed by atoms with Gasteiger partial charge in [-0.05, 0) is 59.0 Å². The lowest BCUT2D eigenvalue weighted by Gasteiger charge is -2.18. The molecule has 1 aliphatic rings. The number of aromatic nitrogens is 2. The van der Waals surface area contributed by atoms with Gasteiger partial charge < -0.3 is 4.98 Å². The Balaban J connectivity index is 1.32. The van der Waals surface area contributed by atoms with Gasteiger partial charge in [0.25, 0.3) is 0 Å². The van der Waals surface area contributed by atoms with Crippen LogP contribution in [0.25, 0.3) is 22.2 Å². The van der Waals surface area contributed by atoms with E-state index in [0.717, 1.165) is 23.3 Å². The second kappa shape index (κ2) is 11.4. The van der Waals surface area contributed by atoms with Crippen LogP contribution < -0.4 is 9.44 Å². The molecule has 0 bridgehead atoms. The normalized spacial score (nSPS) is 17.3. The number of benzene rings is 4. The molecule has 232 valence electrons. The number of alkyl halides is 3. The van der Waals surface area contributed by atoms with Crippen molar-refractivity contribution in [2.75, 3.05) is 0 Å². The zero-order valence-electron chi connectivity index (χ0n) is 23.2. The van der Waals surface area contributed by atoms with Crippen LogP contribution in [-0.2, 0) is 37.4 Å². The molecule has 1 fully saturated rings. The number of H-pyrrole nitrogens is 1. The summed E-state index contributed by atoms with van der Waals surface area (Å²) in [4.78, 5) is 18.9. The van der Waals surface area contributed by atoms with Crippen LogP contribution in [0, 0.1) is 0 Å². The fraction of sp³-hybridized carbons (Fsp3) is 0.161. The third kappa shape index (κ3) is 6.48. The molecule has 4 aromatic carbocycles. The lowest BCUT2D eigenvalue weighted by Crippen LogP contribution is -2.31. The number of hydrogen-bond donors (Lipinski definition) is 3. The highest BCUT2D eigenvalue weighted by Crippen LogP contribution is 2.33. The van der Waals surface area contributed by atoms with E-state index in [0.29, 0.717) is 11.1 Å². The molecule has 1 aromatic heterocycles. The number of imidazole rings is 1. The molecule has 9 nitrogen and oxygen atoms in total. The molecule has 1 aliphatic heterocycles. The van der Waals surface area contributed by atoms with Crippen LogP contribution in [0.1, 0.15) is 40.2 Å². The van der Waals surface area contributed by atoms with Crippen molar-refractivity contribution < 1.29 is 34.8 Å². The molecule has 1 amide bonds. The predicted octanol–water partition coefficient (Wildman–Crippen LogP) is 5.40. The number of hydrogen-bond acceptors (Lipinski definition) is 6. The zero-order valence-corrected chi connectivity index (χ0v) is 24.9. The van der Waals surface area contributed by atoms with Crippen LogP contribution >= 0.6 is 0 Å². The molecule has 2 heterocycles. The van der Waals surface area contributed by atoms with E-state index in [1.54, 1.807) is 36.4 Å². The highest BCUT2D eigenvalue weighted by molar-refractivity contribution is 7.90. The van der Waals surface area contributed by atoms with Gasteiger partial charge in [0, 0.05) is 0 Å². The first-order chi connectivity index (χ1) is 21.3. The van der Waals surface area contributed by atoms with E-state index in [1.165, 1.54) is 18.2 Å². The Morgan fingerprint density at radius 3 is 2.20 bits per heavy atom. The minimum Gasteiger partial charge on any atom is -0.341 e. The van der Waals surface area contributed by atoms with Crippen LogP contribution in [0.2, 0.25) is 0 Å². The van der Waals surface area contributed by atoms with Crippen molar-refractivity contribution in [2.24, 2.45) is 0 Å². The molecule has 6 rings (SSSR count). The van der Waals surface area contributed by atoms with Crippen LogP contribution in [-0.4, -0.2) is 32.7 Å². The Hall–Kier alpha value is -4.53. The number of nitrogens with one attached hydrogen (secondary N) is 3. The molecule has 2 atom stereocenters. The zero-order chi connectivity index (χ0) is 32.0. The van der Waals surface area contributed by atoms with Crippen molar-refractivity contribution in [1.29, 1.82) is 0 Å². The fourth-order valence-corrected chi connectivity index (χ4v) is 7.86. The van der Waals surface area contributed by atoms with Crippen LogP contribution in [0.15, 0.2) is 102 Å². The Bertz CT molecular complexity index is 2100. The summed E-state index contributed by atoms with van der Waals surface area (Å²) >= 11 is 0. The van der Waals surface area contributed by atoms with E-state index in [1.807, 2.05) is 35.1 Å². The smallest absolute Gasteiger partial charge is 0.341 e. The average Bonchev–Trinajstić information content (AvgIpc) is 3.55. The second-order valence-electron chi connectivity index (χ2n) is 10.6. The SMILES string of the molecule is O=C1C[C@@H](c2ccc(C[C@H](NS(=O)(=O)c3ccc(-c4ccccc4)cc3)c3nc4ccc(C(F)(F)F)cc4[nH]3)cc2)S(=O)(=O)N1. The molecule has 0 unspecified atom stereocenters. The van der Waals surface area contributed by atoms with Crippen molar-refractivity contribution in [3.8, 4) is 11.1 Å². The van der Waals surface area contributed by atoms with Gasteiger partial charge in [-0.15, -0.1) is 0 Å². The number of rotatable bonds is 8. The molecule has 0 aliphatic carbocycles. The maximum absolute atomic E-state index is 13.6. The van der Waals surface area contributed by atoms with Gasteiger partial charge in [0.05, 0.1) is 34.0 Å². The van der Waals surface area contributed by atoms with Gasteiger partial charge >= 0.3 is 6.18 Å². The van der Waals surface area contributed by atoms with E-state index < -0.39 is 49.0 Å². The summed E-state index contributed by atoms with van der Waals surface area (Å²) in [6.07, 6.45) is -4.78. The van der Waals surface area contributed by atoms with Crippen molar-refractivity contribution >= 4 is 37.0 Å². The summed E-state index contributed by atoms with van der Waals surface area (Å²) < 4.78 is 96.4. The fourth-order valence-electron chi connectivity index (χ4n) is 5.23. The van der Waals surface area contributed by atoms with Crippen LogP contribution in [0.5, 0.6) is 0 Å². The molecular formula is C31H25F3N4O5S2. The maximum Gasteiger partial charge on any atom is 0.416 e. The van der Waals surface area contributed by atoms with E-state index in [9.17, 15) is 34.8 Å². The Morgan fingerprint density at radius 1 is 0.911 bits per heavy atom. The van der Waals surface area contributed by atoms with Crippen molar-refractivity contribution in [2.45, 2.75) is 35.2 Å². The Kier molecular flexibility index (Phi) is 7.75. The molecule has 45 heavy (non-hydrogen) atoms. The van der Waals surface area contributed by atoms with Crippen LogP contribution in [0.4, 0.5) is 13.2 Å². The summed E-state index contributed by atoms with van der Waals surface area (Å²) in [5.74, 6) is -0.514. The van der Waals surface area contributed by atoms with Gasteiger partial charge in [0.1, 0.15) is 11.1 Å². The third-order valence-electron chi connectivity index (χ3n) is 7.52. The largest absolute Gasteiger partial charge is 0.416 e. The summed E-state index contributed by atoms with van der Waals surface area (Å²) in [5, 5.41) is -1.05. The second-order valence-corrected chi connectivity index (χ2v) is 14.2.